The van der Waals surface area contributed by atoms with Crippen molar-refractivity contribution in [1.29, 1.82) is 0 Å². The van der Waals surface area contributed by atoms with Gasteiger partial charge < -0.3 is 41.0 Å². The summed E-state index contributed by atoms with van der Waals surface area (Å²) in [6, 6.07) is 17.0. The van der Waals surface area contributed by atoms with Crippen LogP contribution < -0.4 is 15.8 Å². The van der Waals surface area contributed by atoms with E-state index < -0.39 is 36.7 Å². The summed E-state index contributed by atoms with van der Waals surface area (Å²) in [5.74, 6) is 0.898. The summed E-state index contributed by atoms with van der Waals surface area (Å²) in [7, 11) is 0. The molecule has 38 heavy (non-hydrogen) atoms. The summed E-state index contributed by atoms with van der Waals surface area (Å²) in [5.41, 5.74) is 7.06. The number of nitrogen functional groups attached to an aromatic ring is 1. The van der Waals surface area contributed by atoms with Gasteiger partial charge in [0.25, 0.3) is 0 Å². The molecule has 0 saturated carbocycles. The van der Waals surface area contributed by atoms with E-state index in [1.165, 1.54) is 10.9 Å². The quantitative estimate of drug-likeness (QED) is 0.184. The molecule has 0 radical (unpaired) electrons. The van der Waals surface area contributed by atoms with Crippen LogP contribution in [-0.4, -0.2) is 71.4 Å². The molecule has 0 bridgehead atoms. The van der Waals surface area contributed by atoms with Gasteiger partial charge in [0, 0.05) is 0 Å². The highest BCUT2D eigenvalue weighted by molar-refractivity contribution is 5.83. The van der Waals surface area contributed by atoms with Crippen LogP contribution in [0.3, 0.4) is 0 Å². The fraction of sp³-hybridized carbons (Fsp3) is 0.346. The van der Waals surface area contributed by atoms with Crippen molar-refractivity contribution in [3.05, 3.63) is 72.1 Å². The molecule has 7 N–H and O–H groups in total. The van der Waals surface area contributed by atoms with Gasteiger partial charge in [-0.05, 0) is 30.2 Å². The van der Waals surface area contributed by atoms with E-state index in [0.29, 0.717) is 17.9 Å². The summed E-state index contributed by atoms with van der Waals surface area (Å²) in [6.45, 7) is 1.70. The normalized spacial score (nSPS) is 22.9. The molecule has 1 saturated heterocycles. The van der Waals surface area contributed by atoms with Crippen molar-refractivity contribution < 1.29 is 29.9 Å². The smallest absolute Gasteiger partial charge is 0.226 e. The molecule has 0 aliphatic carbocycles. The van der Waals surface area contributed by atoms with Crippen molar-refractivity contribution in [2.24, 2.45) is 0 Å². The van der Waals surface area contributed by atoms with E-state index >= 15 is 0 Å². The molecule has 5 atom stereocenters. The highest BCUT2D eigenvalue weighted by Gasteiger charge is 2.44. The second-order valence-corrected chi connectivity index (χ2v) is 9.41. The van der Waals surface area contributed by atoms with E-state index in [4.69, 9.17) is 15.2 Å². The van der Waals surface area contributed by atoms with Crippen molar-refractivity contribution in [3.63, 3.8) is 0 Å². The molecule has 0 spiro atoms. The van der Waals surface area contributed by atoms with Crippen LogP contribution in [0.15, 0.2) is 60.9 Å². The van der Waals surface area contributed by atoms with E-state index in [2.05, 4.69) is 20.3 Å². The molecular formula is C26H30N6O6. The molecule has 3 heterocycles. The molecule has 1 aliphatic heterocycles. The molecule has 1 aliphatic rings. The topological polar surface area (TPSA) is 181 Å². The molecule has 12 nitrogen and oxygen atoms in total. The zero-order chi connectivity index (χ0) is 26.9. The van der Waals surface area contributed by atoms with Crippen LogP contribution in [0.25, 0.3) is 11.2 Å². The van der Waals surface area contributed by atoms with E-state index in [9.17, 15) is 20.4 Å². The first-order valence-electron chi connectivity index (χ1n) is 12.1. The third kappa shape index (κ3) is 5.12. The van der Waals surface area contributed by atoms with E-state index in [0.717, 1.165) is 5.56 Å². The van der Waals surface area contributed by atoms with Gasteiger partial charge in [0.2, 0.25) is 5.95 Å². The average Bonchev–Trinajstić information content (AvgIpc) is 3.48. The monoisotopic (exact) mass is 522 g/mol. The molecule has 12 heteroatoms. The number of rotatable bonds is 9. The number of hydrogen-bond acceptors (Lipinski definition) is 11. The molecule has 1 fully saturated rings. The first-order valence-corrected chi connectivity index (χ1v) is 12.1. The number of ether oxygens (including phenoxy) is 2. The Labute approximate surface area is 218 Å². The zero-order valence-corrected chi connectivity index (χ0v) is 20.7. The first-order chi connectivity index (χ1) is 18.3. The fourth-order valence-corrected chi connectivity index (χ4v) is 4.32. The van der Waals surface area contributed by atoms with Gasteiger partial charge in [-0.1, -0.05) is 42.5 Å². The lowest BCUT2D eigenvalue weighted by Crippen LogP contribution is -2.33. The second kappa shape index (κ2) is 10.5. The highest BCUT2D eigenvalue weighted by atomic mass is 16.6. The van der Waals surface area contributed by atoms with E-state index in [1.54, 1.807) is 31.2 Å². The number of imidazole rings is 1. The van der Waals surface area contributed by atoms with Gasteiger partial charge in [0.1, 0.15) is 41.8 Å². The number of anilines is 2. The summed E-state index contributed by atoms with van der Waals surface area (Å²) >= 11 is 0. The Morgan fingerprint density at radius 1 is 1.08 bits per heavy atom. The number of nitrogens with one attached hydrogen (secondary N) is 1. The maximum atomic E-state index is 11.1. The van der Waals surface area contributed by atoms with Crippen LogP contribution in [0.1, 0.15) is 24.3 Å². The summed E-state index contributed by atoms with van der Waals surface area (Å²) in [5, 5.41) is 44.0. The standard InChI is InChI=1S/C26H30N6O6/c1-26(36,16-7-9-17(10-8-16)37-12-15-5-3-2-4-6-15)13-28-25-30-22(27)19-23(31-25)32(14-29-19)24-21(35)20(34)18(11-33)38-24/h2-10,14,18,20-21,24,33-36H,11-13H2,1H3,(H3,27,28,30,31)/t18-,20-,21-,24-,26?/m1/s1. The predicted molar refractivity (Wildman–Crippen MR) is 138 cm³/mol. The molecule has 5 rings (SSSR count). The Morgan fingerprint density at radius 3 is 2.50 bits per heavy atom. The Bertz CT molecular complexity index is 1380. The van der Waals surface area contributed by atoms with E-state index in [-0.39, 0.29) is 29.5 Å². The minimum atomic E-state index is -1.31. The molecule has 2 aromatic heterocycles. The number of hydrogen-bond donors (Lipinski definition) is 6. The van der Waals surface area contributed by atoms with Crippen molar-refractivity contribution in [2.45, 2.75) is 43.7 Å². The van der Waals surface area contributed by atoms with Crippen LogP contribution >= 0.6 is 0 Å². The molecular weight excluding hydrogens is 492 g/mol. The number of aliphatic hydroxyl groups is 4. The van der Waals surface area contributed by atoms with Crippen LogP contribution in [0, 0.1) is 0 Å². The Balaban J connectivity index is 1.28. The molecule has 4 aromatic rings. The van der Waals surface area contributed by atoms with Crippen LogP contribution in [-0.2, 0) is 16.9 Å². The van der Waals surface area contributed by atoms with Gasteiger partial charge in [0.15, 0.2) is 17.7 Å². The average molecular weight is 523 g/mol. The highest BCUT2D eigenvalue weighted by Crippen LogP contribution is 2.32. The minimum absolute atomic E-state index is 0.0597. The van der Waals surface area contributed by atoms with Crippen molar-refractivity contribution in [3.8, 4) is 5.75 Å². The Morgan fingerprint density at radius 2 is 1.82 bits per heavy atom. The van der Waals surface area contributed by atoms with Crippen LogP contribution in [0.4, 0.5) is 11.8 Å². The number of nitrogens with two attached hydrogens (primary N) is 1. The molecule has 0 amide bonds. The van der Waals surface area contributed by atoms with Gasteiger partial charge in [-0.25, -0.2) is 4.98 Å². The Hall–Kier alpha value is -3.81. The summed E-state index contributed by atoms with van der Waals surface area (Å²) in [6.07, 6.45) is -3.19. The third-order valence-corrected chi connectivity index (χ3v) is 6.55. The van der Waals surface area contributed by atoms with Crippen LogP contribution in [0.2, 0.25) is 0 Å². The van der Waals surface area contributed by atoms with Gasteiger partial charge in [0.05, 0.1) is 19.5 Å². The lowest BCUT2D eigenvalue weighted by Gasteiger charge is -2.24. The fourth-order valence-electron chi connectivity index (χ4n) is 4.32. The zero-order valence-electron chi connectivity index (χ0n) is 20.7. The lowest BCUT2D eigenvalue weighted by molar-refractivity contribution is -0.0511. The first kappa shape index (κ1) is 25.8. The second-order valence-electron chi connectivity index (χ2n) is 9.41. The molecule has 200 valence electrons. The van der Waals surface area contributed by atoms with E-state index in [1.807, 2.05) is 30.3 Å². The Kier molecular flexibility index (Phi) is 7.15. The molecule has 2 aromatic carbocycles. The minimum Gasteiger partial charge on any atom is -0.489 e. The maximum Gasteiger partial charge on any atom is 0.226 e. The van der Waals surface area contributed by atoms with Gasteiger partial charge in [-0.15, -0.1) is 0 Å². The van der Waals surface area contributed by atoms with Gasteiger partial charge in [-0.2, -0.15) is 9.97 Å². The maximum absolute atomic E-state index is 11.1. The van der Waals surface area contributed by atoms with Crippen molar-refractivity contribution >= 4 is 22.9 Å². The van der Waals surface area contributed by atoms with Crippen molar-refractivity contribution in [1.82, 2.24) is 19.5 Å². The number of aromatic nitrogens is 4. The summed E-state index contributed by atoms with van der Waals surface area (Å²) < 4.78 is 12.8. The number of fused-ring (bicyclic) bond motifs is 1. The number of benzene rings is 2. The van der Waals surface area contributed by atoms with Crippen LogP contribution in [0.5, 0.6) is 5.75 Å². The number of aliphatic hydroxyl groups excluding tert-OH is 3. The predicted octanol–water partition coefficient (Wildman–Crippen LogP) is 0.919. The largest absolute Gasteiger partial charge is 0.489 e. The molecule has 1 unspecified atom stereocenters. The lowest BCUT2D eigenvalue weighted by atomic mass is 9.96. The summed E-state index contributed by atoms with van der Waals surface area (Å²) in [4.78, 5) is 12.9. The third-order valence-electron chi connectivity index (χ3n) is 6.55. The van der Waals surface area contributed by atoms with Crippen molar-refractivity contribution in [2.75, 3.05) is 24.2 Å². The number of nitrogens with zero attached hydrogens (tertiary/aromatic N) is 4. The van der Waals surface area contributed by atoms with Gasteiger partial charge >= 0.3 is 0 Å². The SMILES string of the molecule is CC(O)(CNc1nc(N)c2ncn([C@@H]3O[C@H](CO)[C@@H](O)[C@H]3O)c2n1)c1ccc(OCc2ccccc2)cc1. The van der Waals surface area contributed by atoms with Gasteiger partial charge in [-0.3, -0.25) is 4.57 Å².